The summed E-state index contributed by atoms with van der Waals surface area (Å²) < 4.78 is 16.5. The fourth-order valence-electron chi connectivity index (χ4n) is 4.24. The lowest BCUT2D eigenvalue weighted by molar-refractivity contribution is 0.101. The number of rotatable bonds is 4. The maximum absolute atomic E-state index is 13.6. The van der Waals surface area contributed by atoms with Crippen LogP contribution < -0.4 is 16.2 Å². The molecule has 11 heteroatoms. The van der Waals surface area contributed by atoms with Crippen molar-refractivity contribution in [1.82, 2.24) is 24.1 Å². The molecule has 2 atom stereocenters. The van der Waals surface area contributed by atoms with Crippen LogP contribution in [0.3, 0.4) is 0 Å². The Morgan fingerprint density at radius 3 is 2.64 bits per heavy atom. The Balaban J connectivity index is 1.75. The number of hydrogen-bond acceptors (Lipinski definition) is 7. The summed E-state index contributed by atoms with van der Waals surface area (Å²) in [7, 11) is 0. The van der Waals surface area contributed by atoms with Gasteiger partial charge in [-0.25, -0.2) is 13.9 Å². The second-order valence-corrected chi connectivity index (χ2v) is 8.44. The molecule has 3 aromatic heterocycles. The Kier molecular flexibility index (Phi) is 4.89. The van der Waals surface area contributed by atoms with Crippen molar-refractivity contribution in [2.24, 2.45) is 5.92 Å². The summed E-state index contributed by atoms with van der Waals surface area (Å²) >= 11 is 6.26. The van der Waals surface area contributed by atoms with Crippen molar-refractivity contribution < 1.29 is 9.18 Å². The van der Waals surface area contributed by atoms with Gasteiger partial charge in [0.25, 0.3) is 5.56 Å². The molecule has 0 saturated carbocycles. The van der Waals surface area contributed by atoms with E-state index in [1.807, 2.05) is 11.8 Å². The van der Waals surface area contributed by atoms with Gasteiger partial charge < -0.3 is 10.6 Å². The number of carbonyl (C=O) groups is 1. The van der Waals surface area contributed by atoms with E-state index in [1.165, 1.54) is 46.5 Å². The SMILES string of the molecule is CC(=O)c1cnc(N)nc1N1C[C@H](C)[C@H]1c1nn2ccc(Cl)c2c(=O)n1-c1ccc(F)cc1. The molecule has 1 aliphatic rings. The van der Waals surface area contributed by atoms with E-state index in [2.05, 4.69) is 9.97 Å². The Labute approximate surface area is 192 Å². The molecule has 5 rings (SSSR count). The molecule has 9 nitrogen and oxygen atoms in total. The van der Waals surface area contributed by atoms with Gasteiger partial charge in [0.1, 0.15) is 17.2 Å². The number of nitrogens with two attached hydrogens (primary N) is 1. The van der Waals surface area contributed by atoms with Crippen molar-refractivity contribution in [1.29, 1.82) is 0 Å². The van der Waals surface area contributed by atoms with Gasteiger partial charge in [-0.3, -0.25) is 14.2 Å². The van der Waals surface area contributed by atoms with Gasteiger partial charge in [0.15, 0.2) is 11.6 Å². The molecule has 1 fully saturated rings. The maximum atomic E-state index is 13.6. The zero-order valence-corrected chi connectivity index (χ0v) is 18.5. The van der Waals surface area contributed by atoms with E-state index in [1.54, 1.807) is 12.3 Å². The molecular formula is C22H19ClFN7O2. The third-order valence-electron chi connectivity index (χ3n) is 5.81. The van der Waals surface area contributed by atoms with E-state index < -0.39 is 17.4 Å². The van der Waals surface area contributed by atoms with Gasteiger partial charge >= 0.3 is 0 Å². The highest BCUT2D eigenvalue weighted by Crippen LogP contribution is 2.42. The first kappa shape index (κ1) is 21.1. The van der Waals surface area contributed by atoms with Crippen molar-refractivity contribution in [2.45, 2.75) is 19.9 Å². The Morgan fingerprint density at radius 2 is 1.97 bits per heavy atom. The van der Waals surface area contributed by atoms with Crippen molar-refractivity contribution in [3.05, 3.63) is 75.3 Å². The number of nitrogen functional groups attached to an aromatic ring is 1. The summed E-state index contributed by atoms with van der Waals surface area (Å²) in [5.41, 5.74) is 6.39. The minimum Gasteiger partial charge on any atom is -0.368 e. The number of carbonyl (C=O) groups excluding carboxylic acids is 1. The fourth-order valence-corrected chi connectivity index (χ4v) is 4.46. The fraction of sp³-hybridized carbons (Fsp3) is 0.227. The first-order valence-corrected chi connectivity index (χ1v) is 10.6. The molecule has 0 spiro atoms. The summed E-state index contributed by atoms with van der Waals surface area (Å²) in [6.45, 7) is 4.00. The molecule has 33 heavy (non-hydrogen) atoms. The van der Waals surface area contributed by atoms with Crippen LogP contribution in [0.2, 0.25) is 5.02 Å². The summed E-state index contributed by atoms with van der Waals surface area (Å²) in [4.78, 5) is 35.9. The minimum absolute atomic E-state index is 0.0323. The molecule has 0 amide bonds. The summed E-state index contributed by atoms with van der Waals surface area (Å²) in [6, 6.07) is 6.73. The van der Waals surface area contributed by atoms with E-state index in [-0.39, 0.29) is 28.2 Å². The minimum atomic E-state index is -0.427. The van der Waals surface area contributed by atoms with Gasteiger partial charge in [-0.15, -0.1) is 0 Å². The molecule has 1 saturated heterocycles. The zero-order chi connectivity index (χ0) is 23.4. The number of anilines is 2. The molecule has 168 valence electrons. The largest absolute Gasteiger partial charge is 0.368 e. The third kappa shape index (κ3) is 3.34. The van der Waals surface area contributed by atoms with Crippen LogP contribution >= 0.6 is 11.6 Å². The Bertz CT molecular complexity index is 1460. The van der Waals surface area contributed by atoms with E-state index in [9.17, 15) is 14.0 Å². The van der Waals surface area contributed by atoms with Gasteiger partial charge in [0.05, 0.1) is 22.3 Å². The molecule has 4 aromatic rings. The molecule has 0 radical (unpaired) electrons. The number of Topliss-reactive ketones (excluding diaryl/α,β-unsaturated/α-hetero) is 1. The van der Waals surface area contributed by atoms with Crippen LogP contribution in [0.5, 0.6) is 0 Å². The monoisotopic (exact) mass is 467 g/mol. The van der Waals surface area contributed by atoms with Crippen molar-refractivity contribution in [3.63, 3.8) is 0 Å². The standard InChI is InChI=1S/C22H19ClFN7O2/c1-11-10-29(19-15(12(2)32)9-26-22(25)27-19)17(11)20-28-30-8-7-16(23)18(30)21(33)31(20)14-5-3-13(24)4-6-14/h3-9,11,17H,10H2,1-2H3,(H2,25,26,27)/t11-,17-/m0/s1. The van der Waals surface area contributed by atoms with E-state index in [0.29, 0.717) is 29.4 Å². The molecular weight excluding hydrogens is 449 g/mol. The molecule has 4 heterocycles. The van der Waals surface area contributed by atoms with E-state index in [0.717, 1.165) is 0 Å². The summed E-state index contributed by atoms with van der Waals surface area (Å²) in [5.74, 6) is 0.234. The van der Waals surface area contributed by atoms with Gasteiger partial charge in [-0.2, -0.15) is 10.1 Å². The van der Waals surface area contributed by atoms with Gasteiger partial charge in [-0.05, 0) is 37.3 Å². The van der Waals surface area contributed by atoms with Crippen LogP contribution in [0.25, 0.3) is 11.2 Å². The topological polar surface area (TPSA) is 111 Å². The van der Waals surface area contributed by atoms with Crippen LogP contribution in [-0.2, 0) is 0 Å². The van der Waals surface area contributed by atoms with E-state index in [4.69, 9.17) is 22.4 Å². The number of benzene rings is 1. The van der Waals surface area contributed by atoms with Crippen LogP contribution in [0, 0.1) is 11.7 Å². The second kappa shape index (κ2) is 7.66. The predicted octanol–water partition coefficient (Wildman–Crippen LogP) is 3.05. The highest BCUT2D eigenvalue weighted by Gasteiger charge is 2.43. The van der Waals surface area contributed by atoms with Crippen LogP contribution in [0.4, 0.5) is 16.2 Å². The lowest BCUT2D eigenvalue weighted by Gasteiger charge is -2.47. The maximum Gasteiger partial charge on any atom is 0.284 e. The average Bonchev–Trinajstić information content (AvgIpc) is 3.13. The lowest BCUT2D eigenvalue weighted by Crippen LogP contribution is -2.52. The number of aromatic nitrogens is 5. The molecule has 1 aromatic carbocycles. The number of nitrogens with zero attached hydrogens (tertiary/aromatic N) is 6. The second-order valence-electron chi connectivity index (χ2n) is 8.03. The van der Waals surface area contributed by atoms with Gasteiger partial charge in [0.2, 0.25) is 5.95 Å². The molecule has 0 bridgehead atoms. The molecule has 2 N–H and O–H groups in total. The normalized spacial score (nSPS) is 17.9. The Hall–Kier alpha value is -3.79. The van der Waals surface area contributed by atoms with Crippen LogP contribution in [-0.4, -0.2) is 36.5 Å². The number of halogens is 2. The summed E-state index contributed by atoms with van der Waals surface area (Å²) in [5, 5.41) is 4.96. The number of hydrogen-bond donors (Lipinski definition) is 1. The predicted molar refractivity (Wildman–Crippen MR) is 121 cm³/mol. The van der Waals surface area contributed by atoms with Gasteiger partial charge in [0, 0.05) is 24.9 Å². The molecule has 0 unspecified atom stereocenters. The quantitative estimate of drug-likeness (QED) is 0.459. The highest BCUT2D eigenvalue weighted by molar-refractivity contribution is 6.33. The summed E-state index contributed by atoms with van der Waals surface area (Å²) in [6.07, 6.45) is 3.00. The van der Waals surface area contributed by atoms with Crippen molar-refractivity contribution >= 4 is 34.7 Å². The first-order valence-electron chi connectivity index (χ1n) is 10.2. The van der Waals surface area contributed by atoms with Crippen molar-refractivity contribution in [2.75, 3.05) is 17.2 Å². The first-order chi connectivity index (χ1) is 15.8. The van der Waals surface area contributed by atoms with Crippen LogP contribution in [0.15, 0.2) is 47.5 Å². The smallest absolute Gasteiger partial charge is 0.284 e. The number of fused-ring (bicyclic) bond motifs is 1. The molecule has 1 aliphatic heterocycles. The average molecular weight is 468 g/mol. The zero-order valence-electron chi connectivity index (χ0n) is 17.7. The number of ketones is 1. The van der Waals surface area contributed by atoms with Crippen molar-refractivity contribution in [3.8, 4) is 5.69 Å². The van der Waals surface area contributed by atoms with Crippen LogP contribution in [0.1, 0.15) is 36.1 Å². The molecule has 0 aliphatic carbocycles. The highest BCUT2D eigenvalue weighted by atomic mass is 35.5. The third-order valence-corrected chi connectivity index (χ3v) is 6.11. The Morgan fingerprint density at radius 1 is 1.24 bits per heavy atom. The van der Waals surface area contributed by atoms with E-state index >= 15 is 0 Å². The lowest BCUT2D eigenvalue weighted by atomic mass is 9.88. The van der Waals surface area contributed by atoms with Gasteiger partial charge in [-0.1, -0.05) is 18.5 Å².